The molecule has 0 bridgehead atoms. The molecule has 104 valence electrons. The molecule has 1 aromatic rings. The zero-order valence-electron chi connectivity index (χ0n) is 12.2. The van der Waals surface area contributed by atoms with E-state index in [9.17, 15) is 9.90 Å². The minimum atomic E-state index is -0.0490. The van der Waals surface area contributed by atoms with Crippen molar-refractivity contribution in [3.63, 3.8) is 0 Å². The fourth-order valence-corrected chi connectivity index (χ4v) is 2.96. The van der Waals surface area contributed by atoms with Crippen molar-refractivity contribution < 1.29 is 9.90 Å². The minimum Gasteiger partial charge on any atom is -0.507 e. The Morgan fingerprint density at radius 3 is 2.68 bits per heavy atom. The quantitative estimate of drug-likeness (QED) is 0.843. The maximum atomic E-state index is 12.6. The number of hydrogen-bond donors (Lipinski definition) is 1. The van der Waals surface area contributed by atoms with Crippen LogP contribution in [0.15, 0.2) is 18.2 Å². The van der Waals surface area contributed by atoms with Gasteiger partial charge in [-0.1, -0.05) is 25.5 Å². The van der Waals surface area contributed by atoms with Gasteiger partial charge in [-0.15, -0.1) is 0 Å². The summed E-state index contributed by atoms with van der Waals surface area (Å²) < 4.78 is 0. The molecule has 3 unspecified atom stereocenters. The third-order valence-electron chi connectivity index (χ3n) is 4.24. The second-order valence-electron chi connectivity index (χ2n) is 6.04. The largest absolute Gasteiger partial charge is 0.507 e. The van der Waals surface area contributed by atoms with Gasteiger partial charge in [-0.25, -0.2) is 0 Å². The summed E-state index contributed by atoms with van der Waals surface area (Å²) in [6.45, 7) is 9.18. The van der Waals surface area contributed by atoms with Gasteiger partial charge in [0.15, 0.2) is 0 Å². The summed E-state index contributed by atoms with van der Waals surface area (Å²) in [5.74, 6) is 1.04. The Labute approximate surface area is 115 Å². The number of likely N-dealkylation sites (tertiary alicyclic amines) is 1. The molecule has 3 heteroatoms. The van der Waals surface area contributed by atoms with Gasteiger partial charge in [-0.3, -0.25) is 4.79 Å². The molecule has 19 heavy (non-hydrogen) atoms. The van der Waals surface area contributed by atoms with Gasteiger partial charge in [0.1, 0.15) is 5.75 Å². The smallest absolute Gasteiger partial charge is 0.257 e. The SMILES string of the molecule is Cc1ccc(O)c(C(=O)N2CC(C)CC(C)C2C)c1. The molecule has 0 aromatic heterocycles. The van der Waals surface area contributed by atoms with Crippen molar-refractivity contribution in [2.45, 2.75) is 40.2 Å². The normalized spacial score (nSPS) is 27.4. The lowest BCUT2D eigenvalue weighted by Crippen LogP contribution is -2.48. The Balaban J connectivity index is 2.30. The number of nitrogens with zero attached hydrogens (tertiary/aromatic N) is 1. The molecule has 1 amide bonds. The van der Waals surface area contributed by atoms with Crippen LogP contribution in [0.5, 0.6) is 5.75 Å². The first-order chi connectivity index (χ1) is 8.90. The third kappa shape index (κ3) is 2.75. The number of phenolic OH excluding ortho intramolecular Hbond substituents is 1. The average Bonchev–Trinajstić information content (AvgIpc) is 2.36. The Bertz CT molecular complexity index is 484. The molecule has 1 aliphatic heterocycles. The number of phenols is 1. The van der Waals surface area contributed by atoms with Gasteiger partial charge in [0, 0.05) is 12.6 Å². The minimum absolute atomic E-state index is 0.0490. The van der Waals surface area contributed by atoms with Crippen LogP contribution in [-0.2, 0) is 0 Å². The molecule has 1 heterocycles. The summed E-state index contributed by atoms with van der Waals surface area (Å²) in [6, 6.07) is 5.42. The molecule has 1 fully saturated rings. The number of aromatic hydroxyl groups is 1. The van der Waals surface area contributed by atoms with Crippen molar-refractivity contribution in [3.05, 3.63) is 29.3 Å². The van der Waals surface area contributed by atoms with Crippen LogP contribution in [0.1, 0.15) is 43.1 Å². The molecule has 2 rings (SSSR count). The number of amides is 1. The first kappa shape index (κ1) is 13.9. The van der Waals surface area contributed by atoms with E-state index in [4.69, 9.17) is 0 Å². The van der Waals surface area contributed by atoms with Gasteiger partial charge < -0.3 is 10.0 Å². The van der Waals surface area contributed by atoms with Crippen molar-refractivity contribution in [1.82, 2.24) is 4.90 Å². The molecule has 0 radical (unpaired) electrons. The van der Waals surface area contributed by atoms with Gasteiger partial charge in [0.05, 0.1) is 5.56 Å². The Kier molecular flexibility index (Phi) is 3.83. The molecule has 3 atom stereocenters. The predicted octanol–water partition coefficient (Wildman–Crippen LogP) is 3.21. The van der Waals surface area contributed by atoms with Crippen molar-refractivity contribution in [1.29, 1.82) is 0 Å². The van der Waals surface area contributed by atoms with Crippen LogP contribution in [0.4, 0.5) is 0 Å². The molecule has 1 saturated heterocycles. The first-order valence-corrected chi connectivity index (χ1v) is 7.00. The Hall–Kier alpha value is -1.51. The maximum Gasteiger partial charge on any atom is 0.257 e. The molecule has 0 aliphatic carbocycles. The monoisotopic (exact) mass is 261 g/mol. The lowest BCUT2D eigenvalue weighted by Gasteiger charge is -2.41. The van der Waals surface area contributed by atoms with Crippen LogP contribution in [0, 0.1) is 18.8 Å². The number of piperidine rings is 1. The number of hydrogen-bond acceptors (Lipinski definition) is 2. The first-order valence-electron chi connectivity index (χ1n) is 7.00. The summed E-state index contributed by atoms with van der Waals surface area (Å²) >= 11 is 0. The second kappa shape index (κ2) is 5.24. The highest BCUT2D eigenvalue weighted by Crippen LogP contribution is 2.30. The summed E-state index contributed by atoms with van der Waals surface area (Å²) in [5, 5.41) is 9.91. The van der Waals surface area contributed by atoms with E-state index < -0.39 is 0 Å². The molecule has 1 aromatic carbocycles. The van der Waals surface area contributed by atoms with Crippen LogP contribution >= 0.6 is 0 Å². The van der Waals surface area contributed by atoms with Crippen molar-refractivity contribution in [3.8, 4) is 5.75 Å². The average molecular weight is 261 g/mol. The Morgan fingerprint density at radius 1 is 1.32 bits per heavy atom. The van der Waals surface area contributed by atoms with Crippen molar-refractivity contribution in [2.24, 2.45) is 11.8 Å². The van der Waals surface area contributed by atoms with Crippen LogP contribution in [-0.4, -0.2) is 28.5 Å². The Morgan fingerprint density at radius 2 is 2.00 bits per heavy atom. The summed E-state index contributed by atoms with van der Waals surface area (Å²) in [6.07, 6.45) is 1.16. The van der Waals surface area contributed by atoms with Crippen LogP contribution < -0.4 is 0 Å². The van der Waals surface area contributed by atoms with Crippen LogP contribution in [0.25, 0.3) is 0 Å². The molecular formula is C16H23NO2. The topological polar surface area (TPSA) is 40.5 Å². The highest BCUT2D eigenvalue weighted by molar-refractivity contribution is 5.97. The van der Waals surface area contributed by atoms with E-state index in [2.05, 4.69) is 20.8 Å². The molecule has 1 aliphatic rings. The van der Waals surface area contributed by atoms with Gasteiger partial charge in [-0.2, -0.15) is 0 Å². The standard InChI is InChI=1S/C16H23NO2/c1-10-5-6-15(18)14(8-10)16(19)17-9-11(2)7-12(3)13(17)4/h5-6,8,11-13,18H,7,9H2,1-4H3. The lowest BCUT2D eigenvalue weighted by atomic mass is 9.85. The van der Waals surface area contributed by atoms with E-state index in [1.807, 2.05) is 17.9 Å². The van der Waals surface area contributed by atoms with Crippen LogP contribution in [0.3, 0.4) is 0 Å². The van der Waals surface area contributed by atoms with Crippen molar-refractivity contribution >= 4 is 5.91 Å². The zero-order chi connectivity index (χ0) is 14.2. The fraction of sp³-hybridized carbons (Fsp3) is 0.562. The number of benzene rings is 1. The van der Waals surface area contributed by atoms with Crippen molar-refractivity contribution in [2.75, 3.05) is 6.54 Å². The number of rotatable bonds is 1. The second-order valence-corrected chi connectivity index (χ2v) is 6.04. The number of carbonyl (C=O) groups excluding carboxylic acids is 1. The van der Waals surface area contributed by atoms with Gasteiger partial charge in [0.25, 0.3) is 5.91 Å². The predicted molar refractivity (Wildman–Crippen MR) is 76.3 cm³/mol. The zero-order valence-corrected chi connectivity index (χ0v) is 12.2. The molecular weight excluding hydrogens is 238 g/mol. The maximum absolute atomic E-state index is 12.6. The molecule has 1 N–H and O–H groups in total. The van der Waals surface area contributed by atoms with Gasteiger partial charge in [0.2, 0.25) is 0 Å². The molecule has 3 nitrogen and oxygen atoms in total. The number of aryl methyl sites for hydroxylation is 1. The van der Waals surface area contributed by atoms with E-state index >= 15 is 0 Å². The highest BCUT2D eigenvalue weighted by Gasteiger charge is 2.33. The fourth-order valence-electron chi connectivity index (χ4n) is 2.96. The summed E-state index contributed by atoms with van der Waals surface area (Å²) in [7, 11) is 0. The molecule has 0 saturated carbocycles. The summed E-state index contributed by atoms with van der Waals surface area (Å²) in [4.78, 5) is 14.6. The molecule has 0 spiro atoms. The third-order valence-corrected chi connectivity index (χ3v) is 4.24. The van der Waals surface area contributed by atoms with E-state index in [0.29, 0.717) is 17.4 Å². The van der Waals surface area contributed by atoms with E-state index in [0.717, 1.165) is 18.5 Å². The van der Waals surface area contributed by atoms with E-state index in [-0.39, 0.29) is 17.7 Å². The van der Waals surface area contributed by atoms with Gasteiger partial charge >= 0.3 is 0 Å². The van der Waals surface area contributed by atoms with E-state index in [1.54, 1.807) is 12.1 Å². The lowest BCUT2D eigenvalue weighted by molar-refractivity contribution is 0.0453. The van der Waals surface area contributed by atoms with E-state index in [1.165, 1.54) is 0 Å². The highest BCUT2D eigenvalue weighted by atomic mass is 16.3. The number of carbonyl (C=O) groups is 1. The van der Waals surface area contributed by atoms with Crippen LogP contribution in [0.2, 0.25) is 0 Å². The van der Waals surface area contributed by atoms with Gasteiger partial charge in [-0.05, 0) is 44.2 Å². The summed E-state index contributed by atoms with van der Waals surface area (Å²) in [5.41, 5.74) is 1.42.